The molecule has 92 valence electrons. The molecule has 2 aromatic rings. The van der Waals surface area contributed by atoms with Gasteiger partial charge >= 0.3 is 13.3 Å². The Morgan fingerprint density at radius 3 is 2.41 bits per heavy atom. The van der Waals surface area contributed by atoms with Crippen LogP contribution in [0.2, 0.25) is 0 Å². The van der Waals surface area contributed by atoms with Crippen LogP contribution in [0.25, 0.3) is 11.0 Å². The summed E-state index contributed by atoms with van der Waals surface area (Å²) in [4.78, 5) is 5.43. The van der Waals surface area contributed by atoms with Crippen molar-refractivity contribution in [2.75, 3.05) is 0 Å². The summed E-state index contributed by atoms with van der Waals surface area (Å²) < 4.78 is 36.9. The molecule has 0 bridgehead atoms. The number of hydrogen-bond acceptors (Lipinski definition) is 3. The average Bonchev–Trinajstić information content (AvgIpc) is 2.58. The van der Waals surface area contributed by atoms with E-state index in [0.29, 0.717) is 0 Å². The second kappa shape index (κ2) is 4.56. The van der Waals surface area contributed by atoms with Gasteiger partial charge in [0.05, 0.1) is 11.0 Å². The first kappa shape index (κ1) is 13.8. The summed E-state index contributed by atoms with van der Waals surface area (Å²) in [6, 6.07) is 3.81. The van der Waals surface area contributed by atoms with Crippen LogP contribution in [0.15, 0.2) is 18.2 Å². The van der Waals surface area contributed by atoms with E-state index in [2.05, 4.69) is 9.97 Å². The van der Waals surface area contributed by atoms with Gasteiger partial charge in [-0.1, -0.05) is 6.07 Å². The van der Waals surface area contributed by atoms with Crippen molar-refractivity contribution in [3.63, 3.8) is 0 Å². The highest BCUT2D eigenvalue weighted by atomic mass is 35.5. The van der Waals surface area contributed by atoms with E-state index in [9.17, 15) is 13.2 Å². The molecule has 0 unspecified atom stereocenters. The summed E-state index contributed by atoms with van der Waals surface area (Å²) in [5.41, 5.74) is 0.322. The third-order valence-electron chi connectivity index (χ3n) is 2.07. The minimum absolute atomic E-state index is 0. The van der Waals surface area contributed by atoms with Gasteiger partial charge < -0.3 is 15.0 Å². The summed E-state index contributed by atoms with van der Waals surface area (Å²) in [5.74, 6) is -1.10. The summed E-state index contributed by atoms with van der Waals surface area (Å²) in [6.45, 7) is 0. The molecule has 0 aliphatic heterocycles. The van der Waals surface area contributed by atoms with Gasteiger partial charge in [0, 0.05) is 0 Å². The Bertz CT molecular complexity index is 529. The van der Waals surface area contributed by atoms with Crippen LogP contribution in [0.1, 0.15) is 5.82 Å². The van der Waals surface area contributed by atoms with Crippen LogP contribution >= 0.6 is 12.4 Å². The molecule has 1 heterocycles. The normalized spacial score (nSPS) is 11.4. The van der Waals surface area contributed by atoms with Gasteiger partial charge in [0.25, 0.3) is 0 Å². The molecule has 4 nitrogen and oxygen atoms in total. The van der Waals surface area contributed by atoms with E-state index in [0.717, 1.165) is 0 Å². The highest BCUT2D eigenvalue weighted by Crippen LogP contribution is 2.28. The van der Waals surface area contributed by atoms with E-state index in [1.54, 1.807) is 0 Å². The Labute approximate surface area is 100 Å². The van der Waals surface area contributed by atoms with Gasteiger partial charge in [0.2, 0.25) is 5.82 Å². The van der Waals surface area contributed by atoms with Crippen molar-refractivity contribution in [2.24, 2.45) is 0 Å². The Morgan fingerprint density at radius 1 is 1.24 bits per heavy atom. The van der Waals surface area contributed by atoms with Crippen molar-refractivity contribution in [3.8, 4) is 0 Å². The third kappa shape index (κ3) is 2.71. The van der Waals surface area contributed by atoms with E-state index in [-0.39, 0.29) is 28.9 Å². The number of imidazole rings is 1. The molecule has 3 N–H and O–H groups in total. The molecule has 0 fully saturated rings. The summed E-state index contributed by atoms with van der Waals surface area (Å²) in [5, 5.41) is 17.7. The predicted molar refractivity (Wildman–Crippen MR) is 58.2 cm³/mol. The molecule has 2 rings (SSSR count). The Hall–Kier alpha value is -1.25. The van der Waals surface area contributed by atoms with E-state index in [1.807, 2.05) is 0 Å². The number of H-pyrrole nitrogens is 1. The maximum atomic E-state index is 12.3. The van der Waals surface area contributed by atoms with Gasteiger partial charge in [0.1, 0.15) is 0 Å². The van der Waals surface area contributed by atoms with Gasteiger partial charge in [-0.15, -0.1) is 12.4 Å². The molecular formula is C8H7BClF3N2O2. The highest BCUT2D eigenvalue weighted by Gasteiger charge is 2.34. The van der Waals surface area contributed by atoms with Crippen molar-refractivity contribution in [1.29, 1.82) is 0 Å². The number of fused-ring (bicyclic) bond motifs is 1. The number of nitrogens with one attached hydrogen (secondary N) is 1. The minimum atomic E-state index is -4.54. The SMILES string of the molecule is Cl.OB(O)c1ccc2[nH]c(C(F)(F)F)nc2c1. The zero-order valence-electron chi connectivity index (χ0n) is 8.19. The molecule has 0 saturated carbocycles. The van der Waals surface area contributed by atoms with Crippen molar-refractivity contribution >= 4 is 36.0 Å². The van der Waals surface area contributed by atoms with Gasteiger partial charge in [-0.25, -0.2) is 4.98 Å². The van der Waals surface area contributed by atoms with Crippen molar-refractivity contribution in [3.05, 3.63) is 24.0 Å². The molecule has 0 spiro atoms. The quantitative estimate of drug-likeness (QED) is 0.665. The number of nitrogens with zero attached hydrogens (tertiary/aromatic N) is 1. The number of aromatic amines is 1. The summed E-state index contributed by atoms with van der Waals surface area (Å²) >= 11 is 0. The number of aromatic nitrogens is 2. The molecule has 1 aromatic heterocycles. The van der Waals surface area contributed by atoms with Crippen LogP contribution in [-0.4, -0.2) is 27.1 Å². The largest absolute Gasteiger partial charge is 0.488 e. The van der Waals surface area contributed by atoms with Gasteiger partial charge in [-0.3, -0.25) is 0 Å². The van der Waals surface area contributed by atoms with Crippen LogP contribution in [0.4, 0.5) is 13.2 Å². The third-order valence-corrected chi connectivity index (χ3v) is 2.07. The van der Waals surface area contributed by atoms with Gasteiger partial charge in [-0.2, -0.15) is 13.2 Å². The zero-order chi connectivity index (χ0) is 11.9. The van der Waals surface area contributed by atoms with E-state index < -0.39 is 19.1 Å². The van der Waals surface area contributed by atoms with Crippen LogP contribution in [0.5, 0.6) is 0 Å². The first-order chi connectivity index (χ1) is 7.38. The maximum absolute atomic E-state index is 12.3. The number of alkyl halides is 3. The van der Waals surface area contributed by atoms with Crippen LogP contribution in [-0.2, 0) is 6.18 Å². The van der Waals surface area contributed by atoms with Gasteiger partial charge in [-0.05, 0) is 17.6 Å². The van der Waals surface area contributed by atoms with E-state index in [1.165, 1.54) is 18.2 Å². The maximum Gasteiger partial charge on any atom is 0.488 e. The minimum Gasteiger partial charge on any atom is -0.423 e. The Balaban J connectivity index is 0.00000144. The molecule has 0 atom stereocenters. The molecular weight excluding hydrogens is 259 g/mol. The molecule has 9 heteroatoms. The first-order valence-electron chi connectivity index (χ1n) is 4.31. The van der Waals surface area contributed by atoms with Crippen molar-refractivity contribution in [2.45, 2.75) is 6.18 Å². The number of hydrogen-bond donors (Lipinski definition) is 3. The lowest BCUT2D eigenvalue weighted by molar-refractivity contribution is -0.144. The summed E-state index contributed by atoms with van der Waals surface area (Å²) in [7, 11) is -1.73. The lowest BCUT2D eigenvalue weighted by Gasteiger charge is -1.98. The van der Waals surface area contributed by atoms with Crippen molar-refractivity contribution in [1.82, 2.24) is 9.97 Å². The fourth-order valence-corrected chi connectivity index (χ4v) is 1.32. The molecule has 0 radical (unpaired) electrons. The molecule has 0 amide bonds. The number of halogens is 4. The van der Waals surface area contributed by atoms with Crippen LogP contribution < -0.4 is 5.46 Å². The lowest BCUT2D eigenvalue weighted by Crippen LogP contribution is -2.29. The molecule has 0 aliphatic carbocycles. The van der Waals surface area contributed by atoms with Crippen LogP contribution in [0, 0.1) is 0 Å². The standard InChI is InChI=1S/C8H6BF3N2O2.ClH/c10-8(11,12)7-13-5-2-1-4(9(15)16)3-6(5)14-7;/h1-3,15-16H,(H,13,14);1H. The second-order valence-electron chi connectivity index (χ2n) is 3.23. The first-order valence-corrected chi connectivity index (χ1v) is 4.31. The smallest absolute Gasteiger partial charge is 0.423 e. The predicted octanol–water partition coefficient (Wildman–Crippen LogP) is 0.683. The topological polar surface area (TPSA) is 69.1 Å². The Kier molecular flexibility index (Phi) is 3.70. The zero-order valence-corrected chi connectivity index (χ0v) is 9.01. The van der Waals surface area contributed by atoms with E-state index in [4.69, 9.17) is 10.0 Å². The second-order valence-corrected chi connectivity index (χ2v) is 3.23. The highest BCUT2D eigenvalue weighted by molar-refractivity contribution is 6.58. The number of rotatable bonds is 1. The van der Waals surface area contributed by atoms with Gasteiger partial charge in [0.15, 0.2) is 0 Å². The molecule has 0 aliphatic rings. The molecule has 1 aromatic carbocycles. The summed E-state index contributed by atoms with van der Waals surface area (Å²) in [6.07, 6.45) is -4.54. The number of benzene rings is 1. The lowest BCUT2D eigenvalue weighted by atomic mass is 9.80. The Morgan fingerprint density at radius 2 is 1.88 bits per heavy atom. The van der Waals surface area contributed by atoms with E-state index >= 15 is 0 Å². The van der Waals surface area contributed by atoms with Crippen LogP contribution in [0.3, 0.4) is 0 Å². The molecule has 0 saturated heterocycles. The van der Waals surface area contributed by atoms with Crippen molar-refractivity contribution < 1.29 is 23.2 Å². The monoisotopic (exact) mass is 266 g/mol. The fourth-order valence-electron chi connectivity index (χ4n) is 1.32. The molecule has 17 heavy (non-hydrogen) atoms. The average molecular weight is 266 g/mol. The fraction of sp³-hybridized carbons (Fsp3) is 0.125.